The van der Waals surface area contributed by atoms with Gasteiger partial charge in [0, 0.05) is 11.5 Å². The number of hydrazone groups is 1. The van der Waals surface area contributed by atoms with Crippen molar-refractivity contribution in [2.75, 3.05) is 5.43 Å². The fraction of sp³-hybridized carbons (Fsp3) is 0. The van der Waals surface area contributed by atoms with E-state index in [-0.39, 0.29) is 5.02 Å². The van der Waals surface area contributed by atoms with E-state index in [2.05, 4.69) is 20.7 Å². The summed E-state index contributed by atoms with van der Waals surface area (Å²) in [6, 6.07) is 10.2. The molecule has 20 heavy (non-hydrogen) atoms. The SMILES string of the molecule is Fc1cc(N/N=C/c2ccc3cn[nH]c3c2)ccc1Cl. The van der Waals surface area contributed by atoms with E-state index in [4.69, 9.17) is 11.6 Å². The number of aromatic amines is 1. The number of aromatic nitrogens is 2. The summed E-state index contributed by atoms with van der Waals surface area (Å²) >= 11 is 5.60. The summed E-state index contributed by atoms with van der Waals surface area (Å²) in [5.74, 6) is -0.481. The first-order chi connectivity index (χ1) is 9.72. The van der Waals surface area contributed by atoms with Gasteiger partial charge in [-0.15, -0.1) is 0 Å². The molecule has 1 heterocycles. The lowest BCUT2D eigenvalue weighted by atomic mass is 10.2. The first-order valence-corrected chi connectivity index (χ1v) is 6.27. The zero-order chi connectivity index (χ0) is 13.9. The third-order valence-electron chi connectivity index (χ3n) is 2.79. The normalized spacial score (nSPS) is 11.3. The number of fused-ring (bicyclic) bond motifs is 1. The molecule has 3 aromatic rings. The van der Waals surface area contributed by atoms with Crippen molar-refractivity contribution in [2.24, 2.45) is 5.10 Å². The topological polar surface area (TPSA) is 53.1 Å². The van der Waals surface area contributed by atoms with Crippen LogP contribution >= 0.6 is 11.6 Å². The smallest absolute Gasteiger partial charge is 0.143 e. The van der Waals surface area contributed by atoms with E-state index in [0.29, 0.717) is 5.69 Å². The first-order valence-electron chi connectivity index (χ1n) is 5.89. The van der Waals surface area contributed by atoms with Crippen LogP contribution in [0.3, 0.4) is 0 Å². The van der Waals surface area contributed by atoms with Crippen molar-refractivity contribution < 1.29 is 4.39 Å². The Labute approximate surface area is 119 Å². The van der Waals surface area contributed by atoms with Gasteiger partial charge >= 0.3 is 0 Å². The van der Waals surface area contributed by atoms with E-state index in [9.17, 15) is 4.39 Å². The van der Waals surface area contributed by atoms with Crippen LogP contribution in [0.15, 0.2) is 47.7 Å². The standard InChI is InChI=1S/C14H10ClFN4/c15-12-4-3-11(6-13(12)16)19-17-7-9-1-2-10-8-18-20-14(10)5-9/h1-8,19H,(H,18,20)/b17-7+. The second kappa shape index (κ2) is 5.30. The average molecular weight is 289 g/mol. The number of anilines is 1. The molecule has 0 saturated carbocycles. The summed E-state index contributed by atoms with van der Waals surface area (Å²) in [5.41, 5.74) is 5.12. The van der Waals surface area contributed by atoms with E-state index in [1.807, 2.05) is 18.2 Å². The van der Waals surface area contributed by atoms with Gasteiger partial charge in [0.15, 0.2) is 0 Å². The van der Waals surface area contributed by atoms with Crippen LogP contribution in [0, 0.1) is 5.82 Å². The number of benzene rings is 2. The monoisotopic (exact) mass is 288 g/mol. The van der Waals surface area contributed by atoms with Crippen molar-refractivity contribution in [3.05, 3.63) is 59.0 Å². The van der Waals surface area contributed by atoms with Gasteiger partial charge in [-0.3, -0.25) is 10.5 Å². The van der Waals surface area contributed by atoms with Crippen molar-refractivity contribution in [3.63, 3.8) is 0 Å². The third-order valence-corrected chi connectivity index (χ3v) is 3.10. The molecule has 1 aromatic heterocycles. The molecule has 0 aliphatic carbocycles. The van der Waals surface area contributed by atoms with Gasteiger partial charge in [-0.05, 0) is 23.8 Å². The van der Waals surface area contributed by atoms with Crippen LogP contribution in [-0.4, -0.2) is 16.4 Å². The van der Waals surface area contributed by atoms with Gasteiger partial charge in [0.1, 0.15) is 5.82 Å². The highest BCUT2D eigenvalue weighted by Gasteiger charge is 1.99. The van der Waals surface area contributed by atoms with Crippen molar-refractivity contribution in [2.45, 2.75) is 0 Å². The summed E-state index contributed by atoms with van der Waals surface area (Å²) in [7, 11) is 0. The summed E-state index contributed by atoms with van der Waals surface area (Å²) in [5, 5.41) is 12.0. The Bertz CT molecular complexity index is 782. The predicted octanol–water partition coefficient (Wildman–Crippen LogP) is 3.80. The number of H-pyrrole nitrogens is 1. The molecule has 0 aliphatic rings. The maximum absolute atomic E-state index is 13.2. The Morgan fingerprint density at radius 3 is 3.00 bits per heavy atom. The molecule has 4 nitrogen and oxygen atoms in total. The lowest BCUT2D eigenvalue weighted by Gasteiger charge is -2.01. The van der Waals surface area contributed by atoms with E-state index in [1.165, 1.54) is 12.1 Å². The maximum atomic E-state index is 13.2. The molecule has 3 rings (SSSR count). The third kappa shape index (κ3) is 2.62. The van der Waals surface area contributed by atoms with Crippen molar-refractivity contribution in [3.8, 4) is 0 Å². The number of nitrogens with zero attached hydrogens (tertiary/aromatic N) is 2. The highest BCUT2D eigenvalue weighted by Crippen LogP contribution is 2.18. The highest BCUT2D eigenvalue weighted by atomic mass is 35.5. The molecule has 0 unspecified atom stereocenters. The Morgan fingerprint density at radius 2 is 2.15 bits per heavy atom. The first kappa shape index (κ1) is 12.6. The second-order valence-electron chi connectivity index (χ2n) is 4.22. The molecule has 2 aromatic carbocycles. The van der Waals surface area contributed by atoms with Crippen molar-refractivity contribution in [1.82, 2.24) is 10.2 Å². The minimum absolute atomic E-state index is 0.0872. The molecular weight excluding hydrogens is 279 g/mol. The molecule has 100 valence electrons. The molecule has 0 bridgehead atoms. The molecule has 0 fully saturated rings. The maximum Gasteiger partial charge on any atom is 0.143 e. The molecule has 0 radical (unpaired) electrons. The molecule has 0 saturated heterocycles. The Morgan fingerprint density at radius 1 is 1.25 bits per heavy atom. The second-order valence-corrected chi connectivity index (χ2v) is 4.62. The molecule has 0 spiro atoms. The molecule has 0 atom stereocenters. The van der Waals surface area contributed by atoms with Crippen molar-refractivity contribution >= 4 is 34.4 Å². The van der Waals surface area contributed by atoms with Crippen LogP contribution in [0.5, 0.6) is 0 Å². The summed E-state index contributed by atoms with van der Waals surface area (Å²) < 4.78 is 13.2. The van der Waals surface area contributed by atoms with E-state index < -0.39 is 5.82 Å². The number of rotatable bonds is 3. The Kier molecular flexibility index (Phi) is 3.35. The minimum Gasteiger partial charge on any atom is -0.278 e. The van der Waals surface area contributed by atoms with Crippen LogP contribution in [0.4, 0.5) is 10.1 Å². The van der Waals surface area contributed by atoms with Crippen LogP contribution in [0.2, 0.25) is 5.02 Å². The Balaban J connectivity index is 1.74. The highest BCUT2D eigenvalue weighted by molar-refractivity contribution is 6.30. The van der Waals surface area contributed by atoms with Gasteiger partial charge in [-0.2, -0.15) is 10.2 Å². The fourth-order valence-electron chi connectivity index (χ4n) is 1.78. The zero-order valence-electron chi connectivity index (χ0n) is 10.3. The van der Waals surface area contributed by atoms with Gasteiger partial charge in [-0.1, -0.05) is 23.7 Å². The quantitative estimate of drug-likeness (QED) is 0.569. The van der Waals surface area contributed by atoms with E-state index in [0.717, 1.165) is 16.5 Å². The van der Waals surface area contributed by atoms with Crippen LogP contribution in [-0.2, 0) is 0 Å². The van der Waals surface area contributed by atoms with Gasteiger partial charge in [0.2, 0.25) is 0 Å². The number of hydrogen-bond acceptors (Lipinski definition) is 3. The molecule has 0 aliphatic heterocycles. The van der Waals surface area contributed by atoms with Crippen LogP contribution in [0.1, 0.15) is 5.56 Å². The largest absolute Gasteiger partial charge is 0.278 e. The molecular formula is C14H10ClFN4. The molecule has 0 amide bonds. The fourth-order valence-corrected chi connectivity index (χ4v) is 1.90. The van der Waals surface area contributed by atoms with Gasteiger partial charge in [-0.25, -0.2) is 4.39 Å². The minimum atomic E-state index is -0.481. The van der Waals surface area contributed by atoms with Gasteiger partial charge in [0.05, 0.1) is 28.6 Å². The van der Waals surface area contributed by atoms with Gasteiger partial charge < -0.3 is 0 Å². The molecule has 6 heteroatoms. The van der Waals surface area contributed by atoms with Crippen molar-refractivity contribution in [1.29, 1.82) is 0 Å². The lowest BCUT2D eigenvalue weighted by molar-refractivity contribution is 0.628. The average Bonchev–Trinajstić information content (AvgIpc) is 2.90. The van der Waals surface area contributed by atoms with E-state index >= 15 is 0 Å². The summed E-state index contributed by atoms with van der Waals surface area (Å²) in [6.45, 7) is 0. The number of hydrogen-bond donors (Lipinski definition) is 2. The van der Waals surface area contributed by atoms with Crippen LogP contribution in [0.25, 0.3) is 10.9 Å². The van der Waals surface area contributed by atoms with E-state index in [1.54, 1.807) is 18.5 Å². The summed E-state index contributed by atoms with van der Waals surface area (Å²) in [6.07, 6.45) is 3.40. The summed E-state index contributed by atoms with van der Waals surface area (Å²) in [4.78, 5) is 0. The molecule has 2 N–H and O–H groups in total. The predicted molar refractivity (Wildman–Crippen MR) is 78.7 cm³/mol. The zero-order valence-corrected chi connectivity index (χ0v) is 11.0. The number of halogens is 2. The number of nitrogens with one attached hydrogen (secondary N) is 2. The Hall–Kier alpha value is -2.40. The van der Waals surface area contributed by atoms with Crippen LogP contribution < -0.4 is 5.43 Å². The van der Waals surface area contributed by atoms with Gasteiger partial charge in [0.25, 0.3) is 0 Å². The lowest BCUT2D eigenvalue weighted by Crippen LogP contribution is -1.91.